The van der Waals surface area contributed by atoms with Crippen molar-refractivity contribution in [1.82, 2.24) is 9.80 Å². The molecule has 0 aromatic heterocycles. The van der Waals surface area contributed by atoms with E-state index in [1.807, 2.05) is 0 Å². The maximum atomic E-state index is 11.9. The average Bonchev–Trinajstić information content (AvgIpc) is 2.50. The fraction of sp³-hybridized carbons (Fsp3) is 1.00. The molecular formula is C17H36N2O2S. The minimum atomic E-state index is -2.90. The Morgan fingerprint density at radius 2 is 1.64 bits per heavy atom. The summed E-state index contributed by atoms with van der Waals surface area (Å²) in [5.41, 5.74) is 0. The van der Waals surface area contributed by atoms with Crippen molar-refractivity contribution >= 4 is 9.84 Å². The van der Waals surface area contributed by atoms with E-state index in [0.717, 1.165) is 26.2 Å². The molecule has 1 fully saturated rings. The fourth-order valence-corrected chi connectivity index (χ4v) is 4.10. The molecule has 1 aliphatic rings. The molecule has 0 bridgehead atoms. The molecule has 0 amide bonds. The number of piperazine rings is 1. The minimum Gasteiger partial charge on any atom is -0.300 e. The van der Waals surface area contributed by atoms with E-state index in [1.54, 1.807) is 13.8 Å². The van der Waals surface area contributed by atoms with Gasteiger partial charge in [-0.1, -0.05) is 33.1 Å². The first-order valence-electron chi connectivity index (χ1n) is 9.08. The molecule has 0 saturated carbocycles. The maximum absolute atomic E-state index is 11.9. The SMILES string of the molecule is CCCCCC(CC)N1CCN(CCS(=O)(=O)C(C)C)CC1. The molecule has 1 saturated heterocycles. The summed E-state index contributed by atoms with van der Waals surface area (Å²) in [6.45, 7) is 13.0. The molecule has 132 valence electrons. The van der Waals surface area contributed by atoms with Crippen molar-refractivity contribution in [3.8, 4) is 0 Å². The third-order valence-electron chi connectivity index (χ3n) is 4.95. The fourth-order valence-electron chi connectivity index (χ4n) is 3.12. The smallest absolute Gasteiger partial charge is 0.153 e. The van der Waals surface area contributed by atoms with Crippen molar-refractivity contribution < 1.29 is 8.42 Å². The van der Waals surface area contributed by atoms with Gasteiger partial charge < -0.3 is 0 Å². The van der Waals surface area contributed by atoms with Gasteiger partial charge in [0.05, 0.1) is 11.0 Å². The molecule has 22 heavy (non-hydrogen) atoms. The average molecular weight is 333 g/mol. The van der Waals surface area contributed by atoms with Gasteiger partial charge in [0.1, 0.15) is 0 Å². The van der Waals surface area contributed by atoms with Crippen LogP contribution in [0.2, 0.25) is 0 Å². The molecule has 1 aliphatic heterocycles. The summed E-state index contributed by atoms with van der Waals surface area (Å²) in [7, 11) is -2.90. The Hall–Kier alpha value is -0.130. The molecule has 0 aromatic rings. The number of unbranched alkanes of at least 4 members (excludes halogenated alkanes) is 2. The van der Waals surface area contributed by atoms with Crippen LogP contribution in [0.3, 0.4) is 0 Å². The predicted octanol–water partition coefficient (Wildman–Crippen LogP) is 2.79. The highest BCUT2D eigenvalue weighted by Gasteiger charge is 2.24. The van der Waals surface area contributed by atoms with Crippen LogP contribution in [0, 0.1) is 0 Å². The lowest BCUT2D eigenvalue weighted by molar-refractivity contribution is 0.0924. The van der Waals surface area contributed by atoms with E-state index in [9.17, 15) is 8.42 Å². The second-order valence-corrected chi connectivity index (χ2v) is 9.53. The van der Waals surface area contributed by atoms with Gasteiger partial charge >= 0.3 is 0 Å². The molecule has 0 spiro atoms. The van der Waals surface area contributed by atoms with E-state index in [-0.39, 0.29) is 5.25 Å². The number of sulfone groups is 1. The zero-order valence-electron chi connectivity index (χ0n) is 15.1. The molecule has 1 heterocycles. The first-order chi connectivity index (χ1) is 10.4. The summed E-state index contributed by atoms with van der Waals surface area (Å²) in [5.74, 6) is 0.304. The van der Waals surface area contributed by atoms with E-state index in [1.165, 1.54) is 32.1 Å². The van der Waals surface area contributed by atoms with Crippen LogP contribution in [0.15, 0.2) is 0 Å². The van der Waals surface area contributed by atoms with Crippen molar-refractivity contribution in [3.05, 3.63) is 0 Å². The number of nitrogens with zero attached hydrogens (tertiary/aromatic N) is 2. The Balaban J connectivity index is 2.33. The second kappa shape index (κ2) is 9.89. The molecule has 1 unspecified atom stereocenters. The van der Waals surface area contributed by atoms with Crippen LogP contribution < -0.4 is 0 Å². The van der Waals surface area contributed by atoms with Crippen LogP contribution in [0.5, 0.6) is 0 Å². The quantitative estimate of drug-likeness (QED) is 0.577. The molecule has 5 heteroatoms. The van der Waals surface area contributed by atoms with Crippen molar-refractivity contribution in [2.45, 2.75) is 71.1 Å². The monoisotopic (exact) mass is 332 g/mol. The van der Waals surface area contributed by atoms with Gasteiger partial charge in [-0.3, -0.25) is 9.80 Å². The molecule has 0 aromatic carbocycles. The first-order valence-corrected chi connectivity index (χ1v) is 10.8. The highest BCUT2D eigenvalue weighted by Crippen LogP contribution is 2.16. The lowest BCUT2D eigenvalue weighted by atomic mass is 10.0. The predicted molar refractivity (Wildman–Crippen MR) is 95.2 cm³/mol. The van der Waals surface area contributed by atoms with E-state index in [0.29, 0.717) is 18.3 Å². The Morgan fingerprint density at radius 3 is 2.14 bits per heavy atom. The molecule has 1 atom stereocenters. The summed E-state index contributed by atoms with van der Waals surface area (Å²) < 4.78 is 23.8. The lowest BCUT2D eigenvalue weighted by Crippen LogP contribution is -2.51. The highest BCUT2D eigenvalue weighted by atomic mass is 32.2. The van der Waals surface area contributed by atoms with Crippen molar-refractivity contribution in [2.24, 2.45) is 0 Å². The molecule has 0 N–H and O–H groups in total. The normalized spacial score (nSPS) is 19.7. The highest BCUT2D eigenvalue weighted by molar-refractivity contribution is 7.92. The third-order valence-corrected chi connectivity index (χ3v) is 7.13. The molecule has 1 rings (SSSR count). The van der Waals surface area contributed by atoms with Crippen LogP contribution >= 0.6 is 0 Å². The van der Waals surface area contributed by atoms with Crippen LogP contribution in [0.25, 0.3) is 0 Å². The topological polar surface area (TPSA) is 40.6 Å². The van der Waals surface area contributed by atoms with Crippen LogP contribution in [0.4, 0.5) is 0 Å². The molecule has 4 nitrogen and oxygen atoms in total. The minimum absolute atomic E-state index is 0.253. The Labute approximate surface area is 138 Å². The van der Waals surface area contributed by atoms with Crippen LogP contribution in [0.1, 0.15) is 59.8 Å². The van der Waals surface area contributed by atoms with E-state index in [2.05, 4.69) is 23.6 Å². The van der Waals surface area contributed by atoms with Gasteiger partial charge in [0.25, 0.3) is 0 Å². The lowest BCUT2D eigenvalue weighted by Gasteiger charge is -2.39. The van der Waals surface area contributed by atoms with Crippen molar-refractivity contribution in [3.63, 3.8) is 0 Å². The van der Waals surface area contributed by atoms with E-state index >= 15 is 0 Å². The van der Waals surface area contributed by atoms with E-state index < -0.39 is 9.84 Å². The van der Waals surface area contributed by atoms with Gasteiger partial charge in [-0.15, -0.1) is 0 Å². The first kappa shape index (κ1) is 19.9. The summed E-state index contributed by atoms with van der Waals surface area (Å²) in [4.78, 5) is 4.93. The summed E-state index contributed by atoms with van der Waals surface area (Å²) in [6, 6.07) is 0.716. The largest absolute Gasteiger partial charge is 0.300 e. The second-order valence-electron chi connectivity index (χ2n) is 6.85. The van der Waals surface area contributed by atoms with Gasteiger partial charge in [-0.2, -0.15) is 0 Å². The Bertz CT molecular complexity index is 387. The number of rotatable bonds is 10. The zero-order valence-corrected chi connectivity index (χ0v) is 15.9. The summed E-state index contributed by atoms with van der Waals surface area (Å²) in [6.07, 6.45) is 6.50. The number of hydrogen-bond donors (Lipinski definition) is 0. The van der Waals surface area contributed by atoms with Gasteiger partial charge in [0, 0.05) is 38.8 Å². The van der Waals surface area contributed by atoms with Crippen LogP contribution in [-0.2, 0) is 9.84 Å². The van der Waals surface area contributed by atoms with E-state index in [4.69, 9.17) is 0 Å². The van der Waals surface area contributed by atoms with Crippen molar-refractivity contribution in [2.75, 3.05) is 38.5 Å². The standard InChI is InChI=1S/C17H36N2O2S/c1-5-7-8-9-17(6-2)19-12-10-18(11-13-19)14-15-22(20,21)16(3)4/h16-17H,5-15H2,1-4H3. The van der Waals surface area contributed by atoms with Crippen molar-refractivity contribution in [1.29, 1.82) is 0 Å². The Kier molecular flexibility index (Phi) is 8.95. The molecule has 0 aliphatic carbocycles. The summed E-state index contributed by atoms with van der Waals surface area (Å²) in [5, 5.41) is -0.253. The maximum Gasteiger partial charge on any atom is 0.153 e. The van der Waals surface area contributed by atoms with Crippen LogP contribution in [-0.4, -0.2) is 68.0 Å². The van der Waals surface area contributed by atoms with Gasteiger partial charge in [0.2, 0.25) is 0 Å². The zero-order chi connectivity index (χ0) is 16.6. The molecular weight excluding hydrogens is 296 g/mol. The summed E-state index contributed by atoms with van der Waals surface area (Å²) >= 11 is 0. The number of hydrogen-bond acceptors (Lipinski definition) is 4. The molecule has 0 radical (unpaired) electrons. The van der Waals surface area contributed by atoms with Gasteiger partial charge in [0.15, 0.2) is 9.84 Å². The third kappa shape index (κ3) is 6.55. The van der Waals surface area contributed by atoms with Gasteiger partial charge in [-0.05, 0) is 26.7 Å². The Morgan fingerprint density at radius 1 is 1.00 bits per heavy atom. The van der Waals surface area contributed by atoms with Gasteiger partial charge in [-0.25, -0.2) is 8.42 Å².